The molecule has 0 saturated carbocycles. The van der Waals surface area contributed by atoms with Crippen molar-refractivity contribution in [3.63, 3.8) is 0 Å². The first-order valence-corrected chi connectivity index (χ1v) is 4.42. The molecule has 0 saturated heterocycles. The first-order valence-electron chi connectivity index (χ1n) is 4.42. The fourth-order valence-electron chi connectivity index (χ4n) is 1.43. The van der Waals surface area contributed by atoms with Crippen molar-refractivity contribution in [2.75, 3.05) is 0 Å². The van der Waals surface area contributed by atoms with Gasteiger partial charge >= 0.3 is 0 Å². The van der Waals surface area contributed by atoms with Gasteiger partial charge in [-0.3, -0.25) is 0 Å². The van der Waals surface area contributed by atoms with Gasteiger partial charge in [0.1, 0.15) is 0 Å². The van der Waals surface area contributed by atoms with Crippen molar-refractivity contribution in [1.82, 2.24) is 0 Å². The molecule has 0 aliphatic rings. The van der Waals surface area contributed by atoms with Gasteiger partial charge in [0, 0.05) is 32.7 Å². The third-order valence-electron chi connectivity index (χ3n) is 2.15. The van der Waals surface area contributed by atoms with Crippen LogP contribution in [0.4, 0.5) is 0 Å². The SMILES string of the molecule is C[CH-]CC(C)(C)c1[c-]cccc1.[Y]. The van der Waals surface area contributed by atoms with Crippen LogP contribution in [0.25, 0.3) is 0 Å². The van der Waals surface area contributed by atoms with Crippen LogP contribution in [-0.2, 0) is 38.1 Å². The van der Waals surface area contributed by atoms with Gasteiger partial charge < -0.3 is 6.42 Å². The minimum absolute atomic E-state index is 0. The van der Waals surface area contributed by atoms with Crippen LogP contribution in [0.1, 0.15) is 32.8 Å². The van der Waals surface area contributed by atoms with E-state index in [2.05, 4.69) is 45.4 Å². The maximum absolute atomic E-state index is 3.27. The molecule has 0 aliphatic carbocycles. The normalized spacial score (nSPS) is 10.7. The quantitative estimate of drug-likeness (QED) is 0.720. The van der Waals surface area contributed by atoms with Crippen molar-refractivity contribution in [2.24, 2.45) is 0 Å². The van der Waals surface area contributed by atoms with E-state index in [-0.39, 0.29) is 38.1 Å². The Kier molecular flexibility index (Phi) is 6.08. The second-order valence-corrected chi connectivity index (χ2v) is 3.77. The van der Waals surface area contributed by atoms with Crippen LogP contribution in [0.15, 0.2) is 24.3 Å². The van der Waals surface area contributed by atoms with Crippen LogP contribution in [-0.4, -0.2) is 0 Å². The summed E-state index contributed by atoms with van der Waals surface area (Å²) in [6.45, 7) is 6.60. The fraction of sp³-hybridized carbons (Fsp3) is 0.417. The van der Waals surface area contributed by atoms with E-state index in [4.69, 9.17) is 0 Å². The molecule has 1 rings (SSSR count). The summed E-state index contributed by atoms with van der Waals surface area (Å²) in [7, 11) is 0. The molecule has 0 amide bonds. The molecule has 0 unspecified atom stereocenters. The maximum atomic E-state index is 3.27. The maximum Gasteiger partial charge on any atom is 0 e. The van der Waals surface area contributed by atoms with Gasteiger partial charge in [0.2, 0.25) is 0 Å². The molecule has 1 radical (unpaired) electrons. The number of rotatable bonds is 3. The summed E-state index contributed by atoms with van der Waals surface area (Å²) >= 11 is 0. The van der Waals surface area contributed by atoms with Crippen LogP contribution in [0.2, 0.25) is 0 Å². The van der Waals surface area contributed by atoms with Crippen molar-refractivity contribution in [3.8, 4) is 0 Å². The minimum atomic E-state index is 0. The van der Waals surface area contributed by atoms with E-state index in [0.29, 0.717) is 0 Å². The summed E-state index contributed by atoms with van der Waals surface area (Å²) < 4.78 is 0. The molecular weight excluding hydrogens is 233 g/mol. The smallest absolute Gasteiger partial charge is 0 e. The Bertz CT molecular complexity index is 226. The molecule has 13 heavy (non-hydrogen) atoms. The summed E-state index contributed by atoms with van der Waals surface area (Å²) in [5.74, 6) is 0. The van der Waals surface area contributed by atoms with Crippen LogP contribution in [0.5, 0.6) is 0 Å². The zero-order chi connectivity index (χ0) is 9.03. The summed E-state index contributed by atoms with van der Waals surface area (Å²) in [6, 6.07) is 11.5. The number of hydrogen-bond donors (Lipinski definition) is 0. The molecule has 0 spiro atoms. The zero-order valence-electron chi connectivity index (χ0n) is 8.67. The second-order valence-electron chi connectivity index (χ2n) is 3.77. The number of hydrogen-bond acceptors (Lipinski definition) is 0. The van der Waals surface area contributed by atoms with Gasteiger partial charge in [-0.1, -0.05) is 19.3 Å². The van der Waals surface area contributed by atoms with Gasteiger partial charge in [-0.15, -0.1) is 0 Å². The van der Waals surface area contributed by atoms with Gasteiger partial charge in [0.05, 0.1) is 0 Å². The van der Waals surface area contributed by atoms with Crippen molar-refractivity contribution < 1.29 is 32.7 Å². The molecule has 1 heteroatoms. The molecule has 0 fully saturated rings. The second kappa shape index (κ2) is 5.93. The third kappa shape index (κ3) is 3.91. The first-order chi connectivity index (χ1) is 5.67. The molecular formula is C12H16Y-2. The zero-order valence-corrected chi connectivity index (χ0v) is 11.5. The van der Waals surface area contributed by atoms with Crippen molar-refractivity contribution in [2.45, 2.75) is 32.6 Å². The van der Waals surface area contributed by atoms with Gasteiger partial charge in [0.25, 0.3) is 0 Å². The molecule has 0 heterocycles. The van der Waals surface area contributed by atoms with E-state index in [1.807, 2.05) is 12.1 Å². The van der Waals surface area contributed by atoms with E-state index in [1.165, 1.54) is 5.56 Å². The molecule has 69 valence electrons. The van der Waals surface area contributed by atoms with Crippen molar-refractivity contribution >= 4 is 0 Å². The Morgan fingerprint density at radius 2 is 2.08 bits per heavy atom. The molecule has 1 aromatic rings. The van der Waals surface area contributed by atoms with Gasteiger partial charge in [-0.2, -0.15) is 49.2 Å². The van der Waals surface area contributed by atoms with Crippen LogP contribution >= 0.6 is 0 Å². The van der Waals surface area contributed by atoms with Crippen molar-refractivity contribution in [3.05, 3.63) is 42.3 Å². The van der Waals surface area contributed by atoms with Gasteiger partial charge in [-0.25, -0.2) is 0 Å². The Morgan fingerprint density at radius 1 is 1.38 bits per heavy atom. The summed E-state index contributed by atoms with van der Waals surface area (Å²) in [4.78, 5) is 0. The molecule has 0 bridgehead atoms. The molecule has 0 nitrogen and oxygen atoms in total. The summed E-state index contributed by atoms with van der Waals surface area (Å²) in [6.07, 6.45) is 3.31. The average molecular weight is 249 g/mol. The number of benzene rings is 1. The van der Waals surface area contributed by atoms with E-state index >= 15 is 0 Å². The predicted molar refractivity (Wildman–Crippen MR) is 52.9 cm³/mol. The topological polar surface area (TPSA) is 0 Å². The Morgan fingerprint density at radius 3 is 2.54 bits per heavy atom. The first kappa shape index (κ1) is 13.3. The molecule has 0 atom stereocenters. The van der Waals surface area contributed by atoms with Crippen LogP contribution in [0.3, 0.4) is 0 Å². The van der Waals surface area contributed by atoms with Gasteiger partial charge in [0.15, 0.2) is 0 Å². The van der Waals surface area contributed by atoms with E-state index in [9.17, 15) is 0 Å². The predicted octanol–water partition coefficient (Wildman–Crippen LogP) is 3.38. The monoisotopic (exact) mass is 249 g/mol. The standard InChI is InChI=1S/C12H16.Y/c1-4-10-12(2,3)11-8-6-5-7-9-11;/h4-8H,10H2,1-3H3;/q-2;. The molecule has 0 aromatic heterocycles. The fourth-order valence-corrected chi connectivity index (χ4v) is 1.43. The largest absolute Gasteiger partial charge is 0.331 e. The average Bonchev–Trinajstić information content (AvgIpc) is 2.06. The Balaban J connectivity index is 0.00000144. The molecule has 0 aliphatic heterocycles. The Labute approximate surface area is 107 Å². The third-order valence-corrected chi connectivity index (χ3v) is 2.15. The van der Waals surface area contributed by atoms with E-state index < -0.39 is 0 Å². The summed E-state index contributed by atoms with van der Waals surface area (Å²) in [5.41, 5.74) is 1.53. The summed E-state index contributed by atoms with van der Waals surface area (Å²) in [5, 5.41) is 0. The van der Waals surface area contributed by atoms with Crippen LogP contribution < -0.4 is 0 Å². The molecule has 0 N–H and O–H groups in total. The minimum Gasteiger partial charge on any atom is -0.331 e. The van der Waals surface area contributed by atoms with Gasteiger partial charge in [-0.05, 0) is 0 Å². The molecule has 1 aromatic carbocycles. The van der Waals surface area contributed by atoms with Crippen LogP contribution in [0, 0.1) is 12.5 Å². The van der Waals surface area contributed by atoms with E-state index in [0.717, 1.165) is 6.42 Å². The van der Waals surface area contributed by atoms with Crippen molar-refractivity contribution in [1.29, 1.82) is 0 Å². The van der Waals surface area contributed by atoms with E-state index in [1.54, 1.807) is 0 Å². The Hall–Kier alpha value is 0.324.